The average Bonchev–Trinajstić information content (AvgIpc) is 3.70. The lowest BCUT2D eigenvalue weighted by atomic mass is 9.98. The molecular formula is C30H23F6N3O4S. The topological polar surface area (TPSA) is 105 Å². The number of halogens is 6. The van der Waals surface area contributed by atoms with Gasteiger partial charge >= 0.3 is 12.5 Å². The summed E-state index contributed by atoms with van der Waals surface area (Å²) in [6.07, 6.45) is -5.56. The maximum absolute atomic E-state index is 12.9. The van der Waals surface area contributed by atoms with Crippen LogP contribution in [0.3, 0.4) is 0 Å². The van der Waals surface area contributed by atoms with Gasteiger partial charge in [0, 0.05) is 35.2 Å². The molecule has 1 aromatic heterocycles. The van der Waals surface area contributed by atoms with E-state index in [0.29, 0.717) is 34.2 Å². The summed E-state index contributed by atoms with van der Waals surface area (Å²) in [5.74, 6) is 0.143. The fourth-order valence-electron chi connectivity index (χ4n) is 4.29. The number of nitrogens with zero attached hydrogens (tertiary/aromatic N) is 1. The van der Waals surface area contributed by atoms with Crippen LogP contribution in [0, 0.1) is 5.41 Å². The Balaban J connectivity index is 1.63. The van der Waals surface area contributed by atoms with Crippen LogP contribution in [0.15, 0.2) is 88.3 Å². The molecule has 1 aliphatic carbocycles. The fourth-order valence-corrected chi connectivity index (χ4v) is 4.95. The Morgan fingerprint density at radius 2 is 1.64 bits per heavy atom. The van der Waals surface area contributed by atoms with Gasteiger partial charge in [0.25, 0.3) is 0 Å². The molecule has 0 aliphatic heterocycles. The molecular weight excluding hydrogens is 612 g/mol. The highest BCUT2D eigenvalue weighted by atomic mass is 32.2. The Bertz CT molecular complexity index is 1840. The monoisotopic (exact) mass is 635 g/mol. The van der Waals surface area contributed by atoms with Crippen molar-refractivity contribution in [3.05, 3.63) is 84.9 Å². The number of alkyl halides is 6. The summed E-state index contributed by atoms with van der Waals surface area (Å²) in [5, 5.41) is 9.95. The lowest BCUT2D eigenvalue weighted by molar-refractivity contribution is -0.274. The van der Waals surface area contributed by atoms with Crippen molar-refractivity contribution in [1.82, 2.24) is 4.98 Å². The van der Waals surface area contributed by atoms with Crippen molar-refractivity contribution < 1.29 is 43.9 Å². The molecule has 0 unspecified atom stereocenters. The highest BCUT2D eigenvalue weighted by Gasteiger charge is 2.34. The molecule has 1 saturated carbocycles. The summed E-state index contributed by atoms with van der Waals surface area (Å²) >= 11 is 0. The van der Waals surface area contributed by atoms with Gasteiger partial charge in [-0.25, -0.2) is 13.4 Å². The molecule has 1 aliphatic rings. The van der Waals surface area contributed by atoms with Crippen molar-refractivity contribution in [3.63, 3.8) is 0 Å². The van der Waals surface area contributed by atoms with Gasteiger partial charge in [-0.1, -0.05) is 18.2 Å². The van der Waals surface area contributed by atoms with Crippen molar-refractivity contribution in [1.29, 1.82) is 5.41 Å². The van der Waals surface area contributed by atoms with Gasteiger partial charge in [-0.05, 0) is 78.6 Å². The lowest BCUT2D eigenvalue weighted by Gasteiger charge is -2.13. The summed E-state index contributed by atoms with van der Waals surface area (Å²) in [5.41, 5.74) is 0.701. The van der Waals surface area contributed by atoms with Crippen LogP contribution >= 0.6 is 0 Å². The Kier molecular flexibility index (Phi) is 8.05. The molecule has 0 amide bonds. The third-order valence-corrected chi connectivity index (χ3v) is 7.70. The minimum atomic E-state index is -4.88. The first-order valence-corrected chi connectivity index (χ1v) is 14.9. The largest absolute Gasteiger partial charge is 0.573 e. The Morgan fingerprint density at radius 3 is 2.25 bits per heavy atom. The Labute approximate surface area is 247 Å². The number of hydrogen-bond acceptors (Lipinski definition) is 7. The summed E-state index contributed by atoms with van der Waals surface area (Å²) in [6.45, 7) is 0. The molecule has 44 heavy (non-hydrogen) atoms. The fraction of sp³-hybridized carbons (Fsp3) is 0.200. The molecule has 2 N–H and O–H groups in total. The van der Waals surface area contributed by atoms with Gasteiger partial charge in [-0.3, -0.25) is 5.41 Å². The van der Waals surface area contributed by atoms with E-state index >= 15 is 0 Å². The predicted molar refractivity (Wildman–Crippen MR) is 151 cm³/mol. The molecule has 0 bridgehead atoms. The van der Waals surface area contributed by atoms with Crippen LogP contribution in [0.1, 0.15) is 24.7 Å². The first-order valence-electron chi connectivity index (χ1n) is 13.0. The van der Waals surface area contributed by atoms with E-state index in [1.807, 2.05) is 0 Å². The van der Waals surface area contributed by atoms with Crippen LogP contribution in [0.5, 0.6) is 5.75 Å². The maximum Gasteiger partial charge on any atom is 0.573 e. The van der Waals surface area contributed by atoms with E-state index in [4.69, 9.17) is 9.83 Å². The second-order valence-electron chi connectivity index (χ2n) is 10.0. The van der Waals surface area contributed by atoms with Gasteiger partial charge in [0.1, 0.15) is 17.2 Å². The highest BCUT2D eigenvalue weighted by molar-refractivity contribution is 7.90. The average molecular weight is 636 g/mol. The van der Waals surface area contributed by atoms with Crippen LogP contribution in [0.4, 0.5) is 32.0 Å². The van der Waals surface area contributed by atoms with Crippen LogP contribution in [0.25, 0.3) is 33.7 Å². The third-order valence-electron chi connectivity index (χ3n) is 6.59. The van der Waals surface area contributed by atoms with E-state index in [9.17, 15) is 34.8 Å². The van der Waals surface area contributed by atoms with Gasteiger partial charge in [0.15, 0.2) is 21.5 Å². The molecule has 1 heterocycles. The first-order chi connectivity index (χ1) is 20.6. The molecule has 0 atom stereocenters. The third kappa shape index (κ3) is 7.30. The van der Waals surface area contributed by atoms with Crippen LogP contribution < -0.4 is 10.1 Å². The lowest BCUT2D eigenvalue weighted by Crippen LogP contribution is -2.19. The number of nitrogens with one attached hydrogen (secondary N) is 2. The van der Waals surface area contributed by atoms with Gasteiger partial charge < -0.3 is 14.5 Å². The van der Waals surface area contributed by atoms with Gasteiger partial charge in [0.05, 0.1) is 4.90 Å². The van der Waals surface area contributed by atoms with Gasteiger partial charge in [-0.15, -0.1) is 13.2 Å². The molecule has 0 saturated heterocycles. The number of benzene rings is 3. The van der Waals surface area contributed by atoms with Gasteiger partial charge in [0.2, 0.25) is 0 Å². The molecule has 230 valence electrons. The normalized spacial score (nSPS) is 14.2. The minimum Gasteiger partial charge on any atom is -0.440 e. The number of rotatable bonds is 9. The SMILES string of the molecule is CS(=O)(=O)c1cccc(-c2ccc(N/C=C\C(=N)C(F)(F)F)c(-c3oc(C4CC4)nc3-c3ccc(OC(F)(F)F)cc3)c2)c1. The Hall–Kier alpha value is -4.59. The standard InChI is InChI=1S/C30H23F6N3O4S/c1-44(40,41)22-4-2-3-19(15-22)20-9-12-24(38-14-13-25(37)29(31,32)33)23(16-20)27-26(39-28(42-27)18-5-6-18)17-7-10-21(11-8-17)43-30(34,35)36/h2-4,7-16,18,37-38H,5-6H2,1H3/b14-13-,37-25?. The van der Waals surface area contributed by atoms with Crippen LogP contribution in [0.2, 0.25) is 0 Å². The number of oxazole rings is 1. The van der Waals surface area contributed by atoms with E-state index in [1.165, 1.54) is 24.3 Å². The zero-order chi connectivity index (χ0) is 31.9. The second-order valence-corrected chi connectivity index (χ2v) is 12.0. The van der Waals surface area contributed by atoms with Crippen LogP contribution in [-0.2, 0) is 9.84 Å². The molecule has 3 aromatic carbocycles. The summed E-state index contributed by atoms with van der Waals surface area (Å²) in [7, 11) is -3.54. The summed E-state index contributed by atoms with van der Waals surface area (Å²) in [4.78, 5) is 4.69. The number of anilines is 1. The molecule has 0 spiro atoms. The van der Waals surface area contributed by atoms with Crippen molar-refractivity contribution in [2.45, 2.75) is 36.2 Å². The van der Waals surface area contributed by atoms with Gasteiger partial charge in [-0.2, -0.15) is 13.2 Å². The van der Waals surface area contributed by atoms with E-state index in [1.54, 1.807) is 30.3 Å². The number of ether oxygens (including phenoxy) is 1. The van der Waals surface area contributed by atoms with Crippen molar-refractivity contribution >= 4 is 21.2 Å². The molecule has 7 nitrogen and oxygen atoms in total. The zero-order valence-electron chi connectivity index (χ0n) is 22.8. The minimum absolute atomic E-state index is 0.0218. The second kappa shape index (κ2) is 11.5. The number of hydrogen-bond donors (Lipinski definition) is 2. The maximum atomic E-state index is 12.9. The van der Waals surface area contributed by atoms with E-state index in [-0.39, 0.29) is 28.0 Å². The number of allylic oxidation sites excluding steroid dienone is 1. The predicted octanol–water partition coefficient (Wildman–Crippen LogP) is 8.36. The van der Waals surface area contributed by atoms with E-state index in [2.05, 4.69) is 15.0 Å². The quantitative estimate of drug-likeness (QED) is 0.141. The molecule has 5 rings (SSSR count). The highest BCUT2D eigenvalue weighted by Crippen LogP contribution is 2.46. The number of sulfone groups is 1. The molecule has 4 aromatic rings. The summed E-state index contributed by atoms with van der Waals surface area (Å²) < 4.78 is 111. The van der Waals surface area contributed by atoms with E-state index < -0.39 is 33.8 Å². The van der Waals surface area contributed by atoms with Crippen molar-refractivity contribution in [3.8, 4) is 39.5 Å². The van der Waals surface area contributed by atoms with E-state index in [0.717, 1.165) is 37.4 Å². The Morgan fingerprint density at radius 1 is 0.977 bits per heavy atom. The van der Waals surface area contributed by atoms with Crippen molar-refractivity contribution in [2.24, 2.45) is 0 Å². The summed E-state index contributed by atoms with van der Waals surface area (Å²) in [6, 6.07) is 16.0. The smallest absolute Gasteiger partial charge is 0.440 e. The zero-order valence-corrected chi connectivity index (χ0v) is 23.6. The van der Waals surface area contributed by atoms with Crippen molar-refractivity contribution in [2.75, 3.05) is 11.6 Å². The number of aromatic nitrogens is 1. The first kappa shape index (κ1) is 30.9. The van der Waals surface area contributed by atoms with Crippen LogP contribution in [-0.4, -0.2) is 37.9 Å². The molecule has 14 heteroatoms. The molecule has 1 fully saturated rings. The molecule has 0 radical (unpaired) electrons.